The van der Waals surface area contributed by atoms with Crippen molar-refractivity contribution in [3.8, 4) is 5.88 Å². The van der Waals surface area contributed by atoms with E-state index in [4.69, 9.17) is 9.47 Å². The van der Waals surface area contributed by atoms with Crippen LogP contribution in [0.2, 0.25) is 0 Å². The molecule has 0 unspecified atom stereocenters. The molecule has 2 N–H and O–H groups in total. The molecular weight excluding hydrogens is 493 g/mol. The van der Waals surface area contributed by atoms with Gasteiger partial charge in [-0.3, -0.25) is 9.89 Å². The molecule has 1 saturated heterocycles. The van der Waals surface area contributed by atoms with Crippen molar-refractivity contribution in [2.75, 3.05) is 46.5 Å². The number of nitrogens with one attached hydrogen (secondary N) is 2. The van der Waals surface area contributed by atoms with Crippen LogP contribution in [-0.4, -0.2) is 67.9 Å². The lowest BCUT2D eigenvalue weighted by Gasteiger charge is -2.48. The summed E-state index contributed by atoms with van der Waals surface area (Å²) in [6.45, 7) is 8.08. The van der Waals surface area contributed by atoms with E-state index in [1.807, 2.05) is 13.1 Å². The molecule has 0 radical (unpaired) electrons. The molecule has 1 aromatic heterocycles. The fourth-order valence-electron chi connectivity index (χ4n) is 4.39. The zero-order chi connectivity index (χ0) is 20.4. The number of hydrogen-bond acceptors (Lipinski definition) is 5. The van der Waals surface area contributed by atoms with Crippen molar-refractivity contribution in [3.63, 3.8) is 0 Å². The zero-order valence-electron chi connectivity index (χ0n) is 18.5. The van der Waals surface area contributed by atoms with Gasteiger partial charge in [-0.25, -0.2) is 4.98 Å². The van der Waals surface area contributed by atoms with Crippen LogP contribution in [0, 0.1) is 0 Å². The van der Waals surface area contributed by atoms with Crippen LogP contribution < -0.4 is 15.4 Å². The van der Waals surface area contributed by atoms with E-state index in [1.54, 1.807) is 6.20 Å². The average molecular weight is 531 g/mol. The minimum atomic E-state index is 0. The van der Waals surface area contributed by atoms with Crippen molar-refractivity contribution >= 4 is 29.9 Å². The SMILES string of the molecule is CCCOc1ncccc1CNC(=NC)NCC1(N2CCOCC2)CCCCC1.I. The number of ether oxygens (including phenoxy) is 2. The Morgan fingerprint density at radius 3 is 2.70 bits per heavy atom. The first-order chi connectivity index (χ1) is 14.3. The number of hydrogen-bond donors (Lipinski definition) is 2. The maximum atomic E-state index is 5.77. The van der Waals surface area contributed by atoms with Gasteiger partial charge in [-0.05, 0) is 25.3 Å². The molecule has 0 amide bonds. The Morgan fingerprint density at radius 1 is 1.23 bits per heavy atom. The van der Waals surface area contributed by atoms with Gasteiger partial charge in [0.2, 0.25) is 5.88 Å². The van der Waals surface area contributed by atoms with Crippen molar-refractivity contribution in [1.29, 1.82) is 0 Å². The van der Waals surface area contributed by atoms with Gasteiger partial charge < -0.3 is 20.1 Å². The van der Waals surface area contributed by atoms with E-state index >= 15 is 0 Å². The molecule has 2 heterocycles. The first-order valence-corrected chi connectivity index (χ1v) is 11.1. The Kier molecular flexibility index (Phi) is 11.2. The molecule has 170 valence electrons. The maximum absolute atomic E-state index is 5.77. The van der Waals surface area contributed by atoms with Crippen LogP contribution in [-0.2, 0) is 11.3 Å². The highest BCUT2D eigenvalue weighted by atomic mass is 127. The lowest BCUT2D eigenvalue weighted by atomic mass is 9.80. The summed E-state index contributed by atoms with van der Waals surface area (Å²) in [7, 11) is 1.83. The van der Waals surface area contributed by atoms with Crippen molar-refractivity contribution in [3.05, 3.63) is 23.9 Å². The molecule has 3 rings (SSSR count). The standard InChI is InChI=1S/C22H37N5O2.HI/c1-3-14-29-20-19(8-7-11-24-20)17-25-21(23-2)26-18-22(9-5-4-6-10-22)27-12-15-28-16-13-27;/h7-8,11H,3-6,9-10,12-18H2,1-2H3,(H2,23,25,26);1H. The Morgan fingerprint density at radius 2 is 2.00 bits per heavy atom. The van der Waals surface area contributed by atoms with E-state index < -0.39 is 0 Å². The fourth-order valence-corrected chi connectivity index (χ4v) is 4.39. The molecule has 1 saturated carbocycles. The number of guanidine groups is 1. The normalized spacial score (nSPS) is 19.6. The fraction of sp³-hybridized carbons (Fsp3) is 0.727. The Hall–Kier alpha value is -1.13. The quantitative estimate of drug-likeness (QED) is 0.305. The Bertz CT molecular complexity index is 646. The molecule has 1 aromatic rings. The van der Waals surface area contributed by atoms with E-state index in [0.717, 1.165) is 50.8 Å². The van der Waals surface area contributed by atoms with Crippen LogP contribution in [0.3, 0.4) is 0 Å². The summed E-state index contributed by atoms with van der Waals surface area (Å²) in [5.41, 5.74) is 1.26. The summed E-state index contributed by atoms with van der Waals surface area (Å²) in [5.74, 6) is 1.53. The van der Waals surface area contributed by atoms with Crippen LogP contribution in [0.4, 0.5) is 0 Å². The number of aromatic nitrogens is 1. The van der Waals surface area contributed by atoms with Gasteiger partial charge in [-0.15, -0.1) is 24.0 Å². The van der Waals surface area contributed by atoms with E-state index in [9.17, 15) is 0 Å². The molecule has 8 heteroatoms. The van der Waals surface area contributed by atoms with E-state index in [-0.39, 0.29) is 29.5 Å². The number of nitrogens with zero attached hydrogens (tertiary/aromatic N) is 3. The number of halogens is 1. The first-order valence-electron chi connectivity index (χ1n) is 11.1. The van der Waals surface area contributed by atoms with Gasteiger partial charge in [0, 0.05) is 50.5 Å². The topological polar surface area (TPSA) is 71.0 Å². The second-order valence-electron chi connectivity index (χ2n) is 7.98. The molecule has 2 fully saturated rings. The van der Waals surface area contributed by atoms with Gasteiger partial charge in [0.15, 0.2) is 5.96 Å². The maximum Gasteiger partial charge on any atom is 0.218 e. The van der Waals surface area contributed by atoms with Gasteiger partial charge in [0.25, 0.3) is 0 Å². The number of pyridine rings is 1. The van der Waals surface area contributed by atoms with Crippen molar-refractivity contribution in [2.45, 2.75) is 57.5 Å². The molecule has 1 aliphatic carbocycles. The van der Waals surface area contributed by atoms with Crippen LogP contribution >= 0.6 is 24.0 Å². The van der Waals surface area contributed by atoms with Crippen LogP contribution in [0.15, 0.2) is 23.3 Å². The molecule has 0 aromatic carbocycles. The molecule has 0 bridgehead atoms. The van der Waals surface area contributed by atoms with E-state index in [1.165, 1.54) is 32.1 Å². The molecule has 7 nitrogen and oxygen atoms in total. The average Bonchev–Trinajstić information content (AvgIpc) is 2.79. The van der Waals surface area contributed by atoms with Crippen molar-refractivity contribution in [1.82, 2.24) is 20.5 Å². The third kappa shape index (κ3) is 6.95. The summed E-state index contributed by atoms with van der Waals surface area (Å²) in [6, 6.07) is 4.00. The second-order valence-corrected chi connectivity index (χ2v) is 7.98. The summed E-state index contributed by atoms with van der Waals surface area (Å²) >= 11 is 0. The predicted molar refractivity (Wildman–Crippen MR) is 132 cm³/mol. The minimum Gasteiger partial charge on any atom is -0.477 e. The highest BCUT2D eigenvalue weighted by molar-refractivity contribution is 14.0. The molecule has 2 aliphatic rings. The van der Waals surface area contributed by atoms with Crippen LogP contribution in [0.5, 0.6) is 5.88 Å². The highest BCUT2D eigenvalue weighted by Crippen LogP contribution is 2.33. The van der Waals surface area contributed by atoms with Gasteiger partial charge in [0.05, 0.1) is 19.8 Å². The molecule has 30 heavy (non-hydrogen) atoms. The van der Waals surface area contributed by atoms with E-state index in [2.05, 4.69) is 38.5 Å². The third-order valence-electron chi connectivity index (χ3n) is 6.01. The summed E-state index contributed by atoms with van der Waals surface area (Å²) < 4.78 is 11.4. The predicted octanol–water partition coefficient (Wildman–Crippen LogP) is 3.19. The zero-order valence-corrected chi connectivity index (χ0v) is 20.8. The third-order valence-corrected chi connectivity index (χ3v) is 6.01. The summed E-state index contributed by atoms with van der Waals surface area (Å²) in [6.07, 6.45) is 9.19. The molecule has 0 spiro atoms. The van der Waals surface area contributed by atoms with Gasteiger partial charge in [-0.1, -0.05) is 32.3 Å². The highest BCUT2D eigenvalue weighted by Gasteiger charge is 2.38. The number of morpholine rings is 1. The van der Waals surface area contributed by atoms with Crippen LogP contribution in [0.25, 0.3) is 0 Å². The van der Waals surface area contributed by atoms with Crippen LogP contribution in [0.1, 0.15) is 51.0 Å². The Balaban J connectivity index is 0.00000320. The number of rotatable bonds is 8. The van der Waals surface area contributed by atoms with Gasteiger partial charge in [0.1, 0.15) is 0 Å². The molecular formula is C22H38IN5O2. The summed E-state index contributed by atoms with van der Waals surface area (Å²) in [4.78, 5) is 11.5. The second kappa shape index (κ2) is 13.3. The van der Waals surface area contributed by atoms with Crippen molar-refractivity contribution in [2.24, 2.45) is 4.99 Å². The smallest absolute Gasteiger partial charge is 0.218 e. The summed E-state index contributed by atoms with van der Waals surface area (Å²) in [5, 5.41) is 7.04. The largest absolute Gasteiger partial charge is 0.477 e. The number of aliphatic imine (C=N–C) groups is 1. The van der Waals surface area contributed by atoms with Crippen molar-refractivity contribution < 1.29 is 9.47 Å². The molecule has 0 atom stereocenters. The molecule has 1 aliphatic heterocycles. The lowest BCUT2D eigenvalue weighted by Crippen LogP contribution is -2.60. The monoisotopic (exact) mass is 531 g/mol. The van der Waals surface area contributed by atoms with Gasteiger partial charge in [-0.2, -0.15) is 0 Å². The lowest BCUT2D eigenvalue weighted by molar-refractivity contribution is -0.0352. The first kappa shape index (κ1) is 25.1. The minimum absolute atomic E-state index is 0. The van der Waals surface area contributed by atoms with E-state index in [0.29, 0.717) is 19.0 Å². The van der Waals surface area contributed by atoms with Gasteiger partial charge >= 0.3 is 0 Å². The Labute approximate surface area is 198 Å².